The van der Waals surface area contributed by atoms with Crippen LogP contribution in [0.1, 0.15) is 26.2 Å². The number of hydrogen-bond donors (Lipinski definition) is 1. The Labute approximate surface area is 98.8 Å². The summed E-state index contributed by atoms with van der Waals surface area (Å²) in [6.45, 7) is 4.34. The number of nitrogens with one attached hydrogen (secondary N) is 1. The number of aryl methyl sites for hydroxylation is 2. The van der Waals surface area contributed by atoms with Crippen LogP contribution in [0.5, 0.6) is 0 Å². The molecular formula is C12H15NS2. The standard InChI is InChI=1S/C12H15NS2/c1-8-4-5-11(15-8)12(13-3)10-6-7-14-9(10)2/h4-7,12-13H,1-3H3. The van der Waals surface area contributed by atoms with Crippen LogP contribution in [0.3, 0.4) is 0 Å². The van der Waals surface area contributed by atoms with Crippen LogP contribution in [0.25, 0.3) is 0 Å². The van der Waals surface area contributed by atoms with E-state index in [-0.39, 0.29) is 0 Å². The lowest BCUT2D eigenvalue weighted by Gasteiger charge is -2.14. The number of hydrogen-bond acceptors (Lipinski definition) is 3. The lowest BCUT2D eigenvalue weighted by atomic mass is 10.1. The fourth-order valence-corrected chi connectivity index (χ4v) is 3.50. The zero-order valence-electron chi connectivity index (χ0n) is 9.20. The minimum absolute atomic E-state index is 0.356. The maximum absolute atomic E-state index is 3.39. The third-order valence-corrected chi connectivity index (χ3v) is 4.47. The third-order valence-electron chi connectivity index (χ3n) is 2.54. The maximum Gasteiger partial charge on any atom is 0.0679 e. The van der Waals surface area contributed by atoms with Gasteiger partial charge in [-0.05, 0) is 50.0 Å². The number of thiophene rings is 2. The summed E-state index contributed by atoms with van der Waals surface area (Å²) in [6, 6.07) is 6.98. The van der Waals surface area contributed by atoms with Crippen molar-refractivity contribution in [2.24, 2.45) is 0 Å². The Morgan fingerprint density at radius 1 is 1.20 bits per heavy atom. The Morgan fingerprint density at radius 2 is 2.00 bits per heavy atom. The summed E-state index contributed by atoms with van der Waals surface area (Å²) < 4.78 is 0. The molecular weight excluding hydrogens is 222 g/mol. The second-order valence-corrected chi connectivity index (χ2v) is 6.04. The zero-order valence-corrected chi connectivity index (χ0v) is 10.8. The van der Waals surface area contributed by atoms with Gasteiger partial charge in [0.25, 0.3) is 0 Å². The van der Waals surface area contributed by atoms with E-state index in [0.717, 1.165) is 0 Å². The number of rotatable bonds is 3. The quantitative estimate of drug-likeness (QED) is 0.857. The Balaban J connectivity index is 2.36. The van der Waals surface area contributed by atoms with Gasteiger partial charge < -0.3 is 5.32 Å². The molecule has 1 atom stereocenters. The summed E-state index contributed by atoms with van der Waals surface area (Å²) in [4.78, 5) is 4.18. The van der Waals surface area contributed by atoms with Gasteiger partial charge in [0.15, 0.2) is 0 Å². The van der Waals surface area contributed by atoms with Crippen LogP contribution in [0.2, 0.25) is 0 Å². The van der Waals surface area contributed by atoms with Gasteiger partial charge in [0.1, 0.15) is 0 Å². The van der Waals surface area contributed by atoms with Crippen molar-refractivity contribution in [3.8, 4) is 0 Å². The first-order chi connectivity index (χ1) is 7.22. The molecule has 0 aliphatic heterocycles. The highest BCUT2D eigenvalue weighted by Gasteiger charge is 2.16. The summed E-state index contributed by atoms with van der Waals surface area (Å²) in [5.41, 5.74) is 1.41. The second-order valence-electron chi connectivity index (χ2n) is 3.60. The Morgan fingerprint density at radius 3 is 2.47 bits per heavy atom. The molecule has 15 heavy (non-hydrogen) atoms. The van der Waals surface area contributed by atoms with E-state index in [2.05, 4.69) is 42.7 Å². The van der Waals surface area contributed by atoms with Crippen molar-refractivity contribution in [1.29, 1.82) is 0 Å². The van der Waals surface area contributed by atoms with Crippen molar-refractivity contribution >= 4 is 22.7 Å². The average Bonchev–Trinajstić information content (AvgIpc) is 2.79. The Kier molecular flexibility index (Phi) is 3.24. The largest absolute Gasteiger partial charge is 0.309 e. The monoisotopic (exact) mass is 237 g/mol. The summed E-state index contributed by atoms with van der Waals surface area (Å²) in [6.07, 6.45) is 0. The minimum Gasteiger partial charge on any atom is -0.309 e. The molecule has 1 unspecified atom stereocenters. The zero-order chi connectivity index (χ0) is 10.8. The van der Waals surface area contributed by atoms with E-state index >= 15 is 0 Å². The molecule has 2 heterocycles. The molecule has 1 N–H and O–H groups in total. The molecule has 0 amide bonds. The van der Waals surface area contributed by atoms with Crippen LogP contribution in [-0.4, -0.2) is 7.05 Å². The van der Waals surface area contributed by atoms with Gasteiger partial charge in [0.05, 0.1) is 6.04 Å². The molecule has 0 saturated carbocycles. The molecule has 2 aromatic heterocycles. The molecule has 0 fully saturated rings. The van der Waals surface area contributed by atoms with Gasteiger partial charge >= 0.3 is 0 Å². The van der Waals surface area contributed by atoms with Crippen molar-refractivity contribution in [3.05, 3.63) is 43.8 Å². The predicted molar refractivity (Wildman–Crippen MR) is 69.0 cm³/mol. The van der Waals surface area contributed by atoms with Crippen molar-refractivity contribution in [3.63, 3.8) is 0 Å². The molecule has 1 nitrogen and oxygen atoms in total. The normalized spacial score (nSPS) is 13.0. The minimum atomic E-state index is 0.356. The van der Waals surface area contributed by atoms with Gasteiger partial charge in [-0.1, -0.05) is 0 Å². The van der Waals surface area contributed by atoms with Crippen molar-refractivity contribution < 1.29 is 0 Å². The lowest BCUT2D eigenvalue weighted by Crippen LogP contribution is -2.16. The van der Waals surface area contributed by atoms with E-state index in [1.807, 2.05) is 29.7 Å². The van der Waals surface area contributed by atoms with E-state index in [1.165, 1.54) is 20.2 Å². The first kappa shape index (κ1) is 10.9. The molecule has 0 aliphatic carbocycles. The van der Waals surface area contributed by atoms with E-state index in [9.17, 15) is 0 Å². The van der Waals surface area contributed by atoms with E-state index in [4.69, 9.17) is 0 Å². The van der Waals surface area contributed by atoms with Crippen LogP contribution in [-0.2, 0) is 0 Å². The first-order valence-electron chi connectivity index (χ1n) is 5.00. The Hall–Kier alpha value is -0.640. The van der Waals surface area contributed by atoms with E-state index in [1.54, 1.807) is 0 Å². The SMILES string of the molecule is CNC(c1ccc(C)s1)c1ccsc1C. The molecule has 2 rings (SSSR count). The van der Waals surface area contributed by atoms with Crippen LogP contribution in [0, 0.1) is 13.8 Å². The molecule has 0 saturated heterocycles. The second kappa shape index (κ2) is 4.47. The van der Waals surface area contributed by atoms with Crippen LogP contribution >= 0.6 is 22.7 Å². The summed E-state index contributed by atoms with van der Waals surface area (Å²) in [5, 5.41) is 5.55. The molecule has 0 bridgehead atoms. The van der Waals surface area contributed by atoms with Gasteiger partial charge in [0, 0.05) is 14.6 Å². The topological polar surface area (TPSA) is 12.0 Å². The molecule has 3 heteroatoms. The van der Waals surface area contributed by atoms with Gasteiger partial charge in [-0.3, -0.25) is 0 Å². The van der Waals surface area contributed by atoms with Crippen molar-refractivity contribution in [2.45, 2.75) is 19.9 Å². The lowest BCUT2D eigenvalue weighted by molar-refractivity contribution is 0.703. The van der Waals surface area contributed by atoms with Crippen LogP contribution in [0.15, 0.2) is 23.6 Å². The van der Waals surface area contributed by atoms with Crippen molar-refractivity contribution in [2.75, 3.05) is 7.05 Å². The van der Waals surface area contributed by atoms with E-state index in [0.29, 0.717) is 6.04 Å². The molecule has 80 valence electrons. The first-order valence-corrected chi connectivity index (χ1v) is 6.69. The van der Waals surface area contributed by atoms with Crippen molar-refractivity contribution in [1.82, 2.24) is 5.32 Å². The highest BCUT2D eigenvalue weighted by atomic mass is 32.1. The summed E-state index contributed by atoms with van der Waals surface area (Å²) in [7, 11) is 2.02. The smallest absolute Gasteiger partial charge is 0.0679 e. The fraction of sp³-hybridized carbons (Fsp3) is 0.333. The molecule has 0 aromatic carbocycles. The Bertz CT molecular complexity index is 442. The predicted octanol–water partition coefficient (Wildman–Crippen LogP) is 3.74. The molecule has 0 spiro atoms. The van der Waals surface area contributed by atoms with Gasteiger partial charge in [-0.15, -0.1) is 22.7 Å². The van der Waals surface area contributed by atoms with Gasteiger partial charge in [-0.25, -0.2) is 0 Å². The van der Waals surface area contributed by atoms with Crippen LogP contribution in [0.4, 0.5) is 0 Å². The fourth-order valence-electron chi connectivity index (χ4n) is 1.75. The average molecular weight is 237 g/mol. The third kappa shape index (κ3) is 2.14. The highest BCUT2D eigenvalue weighted by molar-refractivity contribution is 7.12. The summed E-state index contributed by atoms with van der Waals surface area (Å²) >= 11 is 3.68. The van der Waals surface area contributed by atoms with Crippen LogP contribution < -0.4 is 5.32 Å². The van der Waals surface area contributed by atoms with Gasteiger partial charge in [0.2, 0.25) is 0 Å². The molecule has 2 aromatic rings. The maximum atomic E-state index is 3.39. The highest BCUT2D eigenvalue weighted by Crippen LogP contribution is 2.31. The van der Waals surface area contributed by atoms with E-state index < -0.39 is 0 Å². The summed E-state index contributed by atoms with van der Waals surface area (Å²) in [5.74, 6) is 0. The molecule has 0 radical (unpaired) electrons. The van der Waals surface area contributed by atoms with Gasteiger partial charge in [-0.2, -0.15) is 0 Å². The molecule has 0 aliphatic rings.